The summed E-state index contributed by atoms with van der Waals surface area (Å²) in [5.41, 5.74) is 0.810. The zero-order valence-electron chi connectivity index (χ0n) is 10.4. The second-order valence-electron chi connectivity index (χ2n) is 4.15. The van der Waals surface area contributed by atoms with Crippen LogP contribution < -0.4 is 5.32 Å². The van der Waals surface area contributed by atoms with Gasteiger partial charge in [0.1, 0.15) is 17.3 Å². The Kier molecular flexibility index (Phi) is 3.61. The Bertz CT molecular complexity index is 546. The number of para-hydroxylation sites is 1. The van der Waals surface area contributed by atoms with Gasteiger partial charge in [-0.25, -0.2) is 13.8 Å². The second-order valence-corrected chi connectivity index (χ2v) is 5.38. The fraction of sp³-hybridized carbons (Fsp3) is 0.308. The summed E-state index contributed by atoms with van der Waals surface area (Å²) in [5, 5.41) is 3.82. The summed E-state index contributed by atoms with van der Waals surface area (Å²) in [7, 11) is 0. The highest BCUT2D eigenvalue weighted by molar-refractivity contribution is 7.11. The highest BCUT2D eigenvalue weighted by Crippen LogP contribution is 2.29. The van der Waals surface area contributed by atoms with Crippen molar-refractivity contribution in [2.45, 2.75) is 26.8 Å². The molecule has 2 aromatic rings. The summed E-state index contributed by atoms with van der Waals surface area (Å²) in [4.78, 5) is 5.31. The summed E-state index contributed by atoms with van der Waals surface area (Å²) in [6.45, 7) is 5.68. The molecule has 1 aromatic carbocycles. The predicted molar refractivity (Wildman–Crippen MR) is 70.0 cm³/mol. The van der Waals surface area contributed by atoms with Gasteiger partial charge >= 0.3 is 0 Å². The third kappa shape index (κ3) is 2.51. The predicted octanol–water partition coefficient (Wildman–Crippen LogP) is 4.21. The zero-order chi connectivity index (χ0) is 13.3. The van der Waals surface area contributed by atoms with Crippen molar-refractivity contribution < 1.29 is 8.78 Å². The highest BCUT2D eigenvalue weighted by Gasteiger charge is 2.16. The number of benzene rings is 1. The van der Waals surface area contributed by atoms with Crippen LogP contribution >= 0.6 is 11.3 Å². The molecule has 0 bridgehead atoms. The van der Waals surface area contributed by atoms with Crippen LogP contribution in [0.15, 0.2) is 18.2 Å². The number of aromatic nitrogens is 1. The first kappa shape index (κ1) is 13.0. The molecular weight excluding hydrogens is 254 g/mol. The van der Waals surface area contributed by atoms with Crippen LogP contribution in [-0.2, 0) is 0 Å². The fourth-order valence-corrected chi connectivity index (χ4v) is 2.80. The summed E-state index contributed by atoms with van der Waals surface area (Å²) in [6, 6.07) is 3.65. The van der Waals surface area contributed by atoms with Gasteiger partial charge in [-0.1, -0.05) is 6.07 Å². The Hall–Kier alpha value is -1.49. The molecule has 1 unspecified atom stereocenters. The molecule has 0 fully saturated rings. The minimum Gasteiger partial charge on any atom is -0.373 e. The number of halogens is 2. The standard InChI is InChI=1S/C13H14F2N2S/c1-7-13(18-9(3)16-7)8(2)17-12-10(14)5-4-6-11(12)15/h4-6,8,17H,1-3H3. The van der Waals surface area contributed by atoms with E-state index >= 15 is 0 Å². The van der Waals surface area contributed by atoms with Crippen molar-refractivity contribution in [1.82, 2.24) is 4.98 Å². The van der Waals surface area contributed by atoms with Crippen molar-refractivity contribution >= 4 is 17.0 Å². The molecule has 1 heterocycles. The normalized spacial score (nSPS) is 12.5. The lowest BCUT2D eigenvalue weighted by molar-refractivity contribution is 0.584. The third-order valence-electron chi connectivity index (χ3n) is 2.66. The third-order valence-corrected chi connectivity index (χ3v) is 3.91. The Balaban J connectivity index is 2.26. The van der Waals surface area contributed by atoms with Crippen LogP contribution in [0.4, 0.5) is 14.5 Å². The van der Waals surface area contributed by atoms with Gasteiger partial charge in [0.05, 0.1) is 16.7 Å². The molecule has 0 saturated carbocycles. The van der Waals surface area contributed by atoms with E-state index in [4.69, 9.17) is 0 Å². The minimum absolute atomic E-state index is 0.0875. The number of thiazole rings is 1. The molecule has 0 amide bonds. The monoisotopic (exact) mass is 268 g/mol. The molecule has 96 valence electrons. The molecule has 0 radical (unpaired) electrons. The lowest BCUT2D eigenvalue weighted by Crippen LogP contribution is -2.09. The van der Waals surface area contributed by atoms with Crippen molar-refractivity contribution in [1.29, 1.82) is 0 Å². The number of rotatable bonds is 3. The summed E-state index contributed by atoms with van der Waals surface area (Å²) in [5.74, 6) is -1.17. The largest absolute Gasteiger partial charge is 0.373 e. The quantitative estimate of drug-likeness (QED) is 0.902. The maximum absolute atomic E-state index is 13.5. The van der Waals surface area contributed by atoms with Crippen molar-refractivity contribution in [2.75, 3.05) is 5.32 Å². The Morgan fingerprint density at radius 3 is 2.33 bits per heavy atom. The van der Waals surface area contributed by atoms with E-state index in [-0.39, 0.29) is 11.7 Å². The number of nitrogens with one attached hydrogen (secondary N) is 1. The van der Waals surface area contributed by atoms with Crippen LogP contribution in [0.5, 0.6) is 0 Å². The van der Waals surface area contributed by atoms with Gasteiger partial charge in [-0.2, -0.15) is 0 Å². The average Bonchev–Trinajstić information content (AvgIpc) is 2.63. The van der Waals surface area contributed by atoms with Crippen LogP contribution in [-0.4, -0.2) is 4.98 Å². The number of aryl methyl sites for hydroxylation is 2. The molecule has 2 rings (SSSR count). The molecule has 0 aliphatic rings. The van der Waals surface area contributed by atoms with Crippen molar-refractivity contribution in [3.63, 3.8) is 0 Å². The van der Waals surface area contributed by atoms with Crippen LogP contribution in [0.3, 0.4) is 0 Å². The van der Waals surface area contributed by atoms with E-state index in [1.54, 1.807) is 0 Å². The Morgan fingerprint density at radius 2 is 1.83 bits per heavy atom. The van der Waals surface area contributed by atoms with Gasteiger partial charge in [-0.15, -0.1) is 11.3 Å². The fourth-order valence-electron chi connectivity index (χ4n) is 1.87. The van der Waals surface area contributed by atoms with Crippen molar-refractivity contribution in [2.24, 2.45) is 0 Å². The van der Waals surface area contributed by atoms with E-state index in [1.165, 1.54) is 29.5 Å². The molecular formula is C13H14F2N2S. The van der Waals surface area contributed by atoms with Gasteiger partial charge in [0, 0.05) is 4.88 Å². The summed E-state index contributed by atoms with van der Waals surface area (Å²) >= 11 is 1.53. The van der Waals surface area contributed by atoms with Crippen molar-refractivity contribution in [3.8, 4) is 0 Å². The zero-order valence-corrected chi connectivity index (χ0v) is 11.2. The van der Waals surface area contributed by atoms with E-state index in [0.717, 1.165) is 15.6 Å². The first-order chi connectivity index (χ1) is 8.49. The van der Waals surface area contributed by atoms with E-state index in [0.29, 0.717) is 0 Å². The van der Waals surface area contributed by atoms with E-state index in [2.05, 4.69) is 10.3 Å². The molecule has 0 spiro atoms. The number of nitrogens with zero attached hydrogens (tertiary/aromatic N) is 1. The molecule has 0 saturated heterocycles. The Morgan fingerprint density at radius 1 is 1.22 bits per heavy atom. The molecule has 18 heavy (non-hydrogen) atoms. The minimum atomic E-state index is -0.583. The van der Waals surface area contributed by atoms with Crippen LogP contribution in [0.1, 0.15) is 28.5 Å². The number of anilines is 1. The van der Waals surface area contributed by atoms with E-state index < -0.39 is 11.6 Å². The second kappa shape index (κ2) is 5.02. The first-order valence-electron chi connectivity index (χ1n) is 5.63. The van der Waals surface area contributed by atoms with Gasteiger partial charge in [0.2, 0.25) is 0 Å². The maximum atomic E-state index is 13.5. The van der Waals surface area contributed by atoms with Crippen LogP contribution in [0.2, 0.25) is 0 Å². The molecule has 0 aliphatic carbocycles. The van der Waals surface area contributed by atoms with E-state index in [9.17, 15) is 8.78 Å². The topological polar surface area (TPSA) is 24.9 Å². The lowest BCUT2D eigenvalue weighted by Gasteiger charge is -2.15. The van der Waals surface area contributed by atoms with E-state index in [1.807, 2.05) is 20.8 Å². The average molecular weight is 268 g/mol. The smallest absolute Gasteiger partial charge is 0.149 e. The molecule has 1 N–H and O–H groups in total. The summed E-state index contributed by atoms with van der Waals surface area (Å²) in [6.07, 6.45) is 0. The van der Waals surface area contributed by atoms with Gasteiger partial charge in [0.25, 0.3) is 0 Å². The van der Waals surface area contributed by atoms with Gasteiger partial charge in [-0.05, 0) is 32.9 Å². The molecule has 5 heteroatoms. The molecule has 1 aromatic heterocycles. The maximum Gasteiger partial charge on any atom is 0.149 e. The number of hydrogen-bond acceptors (Lipinski definition) is 3. The van der Waals surface area contributed by atoms with Crippen LogP contribution in [0.25, 0.3) is 0 Å². The molecule has 1 atom stereocenters. The van der Waals surface area contributed by atoms with Gasteiger partial charge < -0.3 is 5.32 Å². The SMILES string of the molecule is Cc1nc(C)c(C(C)Nc2c(F)cccc2F)s1. The summed E-state index contributed by atoms with van der Waals surface area (Å²) < 4.78 is 27.0. The lowest BCUT2D eigenvalue weighted by atomic mass is 10.2. The van der Waals surface area contributed by atoms with Crippen LogP contribution in [0, 0.1) is 25.5 Å². The van der Waals surface area contributed by atoms with Gasteiger partial charge in [0.15, 0.2) is 0 Å². The Labute approximate surface area is 109 Å². The number of hydrogen-bond donors (Lipinski definition) is 1. The molecule has 0 aliphatic heterocycles. The van der Waals surface area contributed by atoms with Crippen molar-refractivity contribution in [3.05, 3.63) is 45.4 Å². The van der Waals surface area contributed by atoms with Gasteiger partial charge in [-0.3, -0.25) is 0 Å². The molecule has 2 nitrogen and oxygen atoms in total. The highest BCUT2D eigenvalue weighted by atomic mass is 32.1. The first-order valence-corrected chi connectivity index (χ1v) is 6.45.